The molecule has 3 N–H and O–H groups in total. The largest absolute Gasteiger partial charge is 0.466 e. The van der Waals surface area contributed by atoms with E-state index < -0.39 is 12.1 Å². The Morgan fingerprint density at radius 1 is 0.378 bits per heavy atom. The fourth-order valence-electron chi connectivity index (χ4n) is 10.6. The van der Waals surface area contributed by atoms with Crippen LogP contribution in [-0.4, -0.2) is 47.4 Å². The Balaban J connectivity index is 3.32. The molecule has 2 unspecified atom stereocenters. The van der Waals surface area contributed by atoms with E-state index in [0.29, 0.717) is 25.9 Å². The van der Waals surface area contributed by atoms with E-state index in [9.17, 15) is 19.8 Å². The van der Waals surface area contributed by atoms with Crippen LogP contribution in [0.25, 0.3) is 0 Å². The van der Waals surface area contributed by atoms with E-state index in [0.717, 1.165) is 51.4 Å². The number of aliphatic hydroxyl groups is 2. The molecule has 0 aliphatic carbocycles. The van der Waals surface area contributed by atoms with Crippen molar-refractivity contribution in [1.29, 1.82) is 0 Å². The van der Waals surface area contributed by atoms with Crippen LogP contribution < -0.4 is 5.32 Å². The number of hydrogen-bond acceptors (Lipinski definition) is 5. The van der Waals surface area contributed by atoms with Crippen LogP contribution in [0.1, 0.15) is 373 Å². The maximum Gasteiger partial charge on any atom is 0.305 e. The Kier molecular flexibility index (Phi) is 62.4. The molecule has 6 nitrogen and oxygen atoms in total. The Morgan fingerprint density at radius 2 is 0.703 bits per heavy atom. The highest BCUT2D eigenvalue weighted by atomic mass is 16.5. The van der Waals surface area contributed by atoms with Gasteiger partial charge >= 0.3 is 5.97 Å². The van der Waals surface area contributed by atoms with Crippen LogP contribution in [0.2, 0.25) is 0 Å². The molecule has 1 amide bonds. The lowest BCUT2D eigenvalue weighted by molar-refractivity contribution is -0.143. The van der Waals surface area contributed by atoms with Gasteiger partial charge < -0.3 is 20.3 Å². The number of esters is 1. The maximum absolute atomic E-state index is 12.5. The van der Waals surface area contributed by atoms with Gasteiger partial charge in [-0.2, -0.15) is 0 Å². The summed E-state index contributed by atoms with van der Waals surface area (Å²) in [6.07, 6.45) is 79.4. The molecule has 0 aromatic heterocycles. The quantitative estimate of drug-likeness (QED) is 0.0320. The number of rotatable bonds is 63. The molecule has 0 bridgehead atoms. The SMILES string of the molecule is CCC/C=C\C/C=C\CCCCCCCC(=O)OCCCCCCCCCCCCCCCCCCCCCCCCCCCCCCCCC(=O)NC(CO)C(O)CCCCCCCCCCCCCCCC. The van der Waals surface area contributed by atoms with Gasteiger partial charge in [0.2, 0.25) is 5.91 Å². The van der Waals surface area contributed by atoms with Gasteiger partial charge in [-0.05, 0) is 51.4 Å². The summed E-state index contributed by atoms with van der Waals surface area (Å²) < 4.78 is 5.48. The molecule has 0 aromatic carbocycles. The second-order valence-corrected chi connectivity index (χ2v) is 23.2. The Morgan fingerprint density at radius 3 is 1.08 bits per heavy atom. The number of allylic oxidation sites excluding steroid dienone is 4. The number of aliphatic hydroxyl groups excluding tert-OH is 2. The van der Waals surface area contributed by atoms with Crippen LogP contribution in [0, 0.1) is 0 Å². The van der Waals surface area contributed by atoms with E-state index in [-0.39, 0.29) is 18.5 Å². The summed E-state index contributed by atoms with van der Waals surface area (Å²) >= 11 is 0. The van der Waals surface area contributed by atoms with E-state index in [1.54, 1.807) is 0 Å². The molecular formula is C68H131NO5. The number of nitrogens with one attached hydrogen (secondary N) is 1. The average molecular weight is 1040 g/mol. The summed E-state index contributed by atoms with van der Waals surface area (Å²) in [4.78, 5) is 24.5. The number of hydrogen-bond donors (Lipinski definition) is 3. The molecule has 0 spiro atoms. The fourth-order valence-corrected chi connectivity index (χ4v) is 10.6. The summed E-state index contributed by atoms with van der Waals surface area (Å²) in [6, 6.07) is -0.537. The van der Waals surface area contributed by atoms with Gasteiger partial charge in [-0.25, -0.2) is 0 Å². The lowest BCUT2D eigenvalue weighted by Crippen LogP contribution is -2.45. The van der Waals surface area contributed by atoms with Crippen molar-refractivity contribution in [2.45, 2.75) is 386 Å². The molecule has 0 saturated carbocycles. The Bertz CT molecular complexity index is 1150. The third kappa shape index (κ3) is 59.6. The van der Waals surface area contributed by atoms with E-state index in [4.69, 9.17) is 4.74 Å². The highest BCUT2D eigenvalue weighted by Crippen LogP contribution is 2.19. The van der Waals surface area contributed by atoms with Gasteiger partial charge in [-0.15, -0.1) is 0 Å². The lowest BCUT2D eigenvalue weighted by Gasteiger charge is -2.22. The average Bonchev–Trinajstić information content (AvgIpc) is 3.40. The Hall–Kier alpha value is -1.66. The summed E-state index contributed by atoms with van der Waals surface area (Å²) in [5.41, 5.74) is 0. The van der Waals surface area contributed by atoms with Crippen LogP contribution in [0.3, 0.4) is 0 Å². The van der Waals surface area contributed by atoms with Crippen molar-refractivity contribution in [2.24, 2.45) is 0 Å². The standard InChI is InChI=1S/C68H131NO5/c1-3-5-7-9-11-13-15-17-37-40-44-48-52-56-60-66(71)65(64-70)69-67(72)61-57-53-49-45-41-38-34-32-30-28-26-24-22-20-18-19-21-23-25-27-29-31-33-35-39-43-47-51-55-59-63-74-68(73)62-58-54-50-46-42-36-16-14-12-10-8-6-4-2/h8,10,14,16,65-66,70-71H,3-7,9,11-13,15,17-64H2,1-2H3,(H,69,72)/b10-8-,16-14-. The van der Waals surface area contributed by atoms with Crippen molar-refractivity contribution in [3.05, 3.63) is 24.3 Å². The van der Waals surface area contributed by atoms with E-state index in [1.165, 1.54) is 289 Å². The van der Waals surface area contributed by atoms with E-state index >= 15 is 0 Å². The first-order valence-corrected chi connectivity index (χ1v) is 33.6. The van der Waals surface area contributed by atoms with Crippen LogP contribution in [0.15, 0.2) is 24.3 Å². The minimum absolute atomic E-state index is 0.00506. The summed E-state index contributed by atoms with van der Waals surface area (Å²) in [7, 11) is 0. The zero-order valence-corrected chi connectivity index (χ0v) is 50.1. The molecule has 0 radical (unpaired) electrons. The highest BCUT2D eigenvalue weighted by Gasteiger charge is 2.20. The summed E-state index contributed by atoms with van der Waals surface area (Å²) in [5, 5.41) is 23.3. The zero-order valence-electron chi connectivity index (χ0n) is 50.1. The van der Waals surface area contributed by atoms with Crippen molar-refractivity contribution < 1.29 is 24.5 Å². The van der Waals surface area contributed by atoms with Gasteiger partial charge in [0.15, 0.2) is 0 Å². The second-order valence-electron chi connectivity index (χ2n) is 23.2. The molecule has 74 heavy (non-hydrogen) atoms. The first-order chi connectivity index (χ1) is 36.5. The summed E-state index contributed by atoms with van der Waals surface area (Å²) in [5.74, 6) is -0.0238. The van der Waals surface area contributed by atoms with E-state index in [1.807, 2.05) is 0 Å². The second kappa shape index (κ2) is 63.9. The van der Waals surface area contributed by atoms with Gasteiger partial charge in [0.05, 0.1) is 25.4 Å². The third-order valence-corrected chi connectivity index (χ3v) is 15.7. The van der Waals surface area contributed by atoms with Crippen molar-refractivity contribution in [1.82, 2.24) is 5.32 Å². The highest BCUT2D eigenvalue weighted by molar-refractivity contribution is 5.76. The minimum atomic E-state index is -0.660. The predicted molar refractivity (Wildman–Crippen MR) is 324 cm³/mol. The molecule has 0 aromatic rings. The van der Waals surface area contributed by atoms with Gasteiger partial charge in [0.1, 0.15) is 0 Å². The number of ether oxygens (including phenoxy) is 1. The van der Waals surface area contributed by atoms with Gasteiger partial charge in [0.25, 0.3) is 0 Å². The first-order valence-electron chi connectivity index (χ1n) is 33.6. The van der Waals surface area contributed by atoms with Crippen molar-refractivity contribution in [2.75, 3.05) is 13.2 Å². The summed E-state index contributed by atoms with van der Waals surface area (Å²) in [6.45, 7) is 4.91. The van der Waals surface area contributed by atoms with Crippen LogP contribution in [0.5, 0.6) is 0 Å². The van der Waals surface area contributed by atoms with E-state index in [2.05, 4.69) is 43.5 Å². The minimum Gasteiger partial charge on any atom is -0.466 e. The van der Waals surface area contributed by atoms with Gasteiger partial charge in [-0.3, -0.25) is 9.59 Å². The molecule has 6 heteroatoms. The number of unbranched alkanes of at least 4 members (excludes halogenated alkanes) is 48. The first kappa shape index (κ1) is 72.3. The van der Waals surface area contributed by atoms with Crippen molar-refractivity contribution in [3.63, 3.8) is 0 Å². The molecule has 0 rings (SSSR count). The molecule has 2 atom stereocenters. The van der Waals surface area contributed by atoms with Crippen molar-refractivity contribution >= 4 is 11.9 Å². The molecule has 438 valence electrons. The normalized spacial score (nSPS) is 12.6. The molecule has 0 aliphatic rings. The van der Waals surface area contributed by atoms with Gasteiger partial charge in [0, 0.05) is 12.8 Å². The zero-order chi connectivity index (χ0) is 53.6. The smallest absolute Gasteiger partial charge is 0.305 e. The molecule has 0 saturated heterocycles. The van der Waals surface area contributed by atoms with Gasteiger partial charge in [-0.1, -0.05) is 334 Å². The fraction of sp³-hybridized carbons (Fsp3) is 0.912. The monoisotopic (exact) mass is 1040 g/mol. The molecule has 0 aliphatic heterocycles. The molecular weight excluding hydrogens is 911 g/mol. The van der Waals surface area contributed by atoms with Crippen LogP contribution in [0.4, 0.5) is 0 Å². The number of amides is 1. The topological polar surface area (TPSA) is 95.9 Å². The third-order valence-electron chi connectivity index (χ3n) is 15.7. The molecule has 0 fully saturated rings. The van der Waals surface area contributed by atoms with Crippen LogP contribution >= 0.6 is 0 Å². The molecule has 0 heterocycles. The predicted octanol–water partition coefficient (Wildman–Crippen LogP) is 21.4. The van der Waals surface area contributed by atoms with Crippen molar-refractivity contribution in [3.8, 4) is 0 Å². The number of carbonyl (C=O) groups is 2. The maximum atomic E-state index is 12.5. The lowest BCUT2D eigenvalue weighted by atomic mass is 10.0. The van der Waals surface area contributed by atoms with Crippen LogP contribution in [-0.2, 0) is 14.3 Å². The number of carbonyl (C=O) groups excluding carboxylic acids is 2. The Labute approximate surface area is 462 Å².